The molecule has 1 amide bonds. The number of carbonyl (C=O) groups is 1. The van der Waals surface area contributed by atoms with Crippen molar-refractivity contribution in [2.75, 3.05) is 4.90 Å². The van der Waals surface area contributed by atoms with Crippen molar-refractivity contribution in [1.82, 2.24) is 19.7 Å². The third kappa shape index (κ3) is 1.95. The van der Waals surface area contributed by atoms with Gasteiger partial charge in [-0.15, -0.1) is 0 Å². The molecule has 0 unspecified atom stereocenters. The second-order valence-electron chi connectivity index (χ2n) is 4.87. The van der Waals surface area contributed by atoms with Gasteiger partial charge in [-0.1, -0.05) is 0 Å². The van der Waals surface area contributed by atoms with Gasteiger partial charge in [-0.05, 0) is 24.3 Å². The van der Waals surface area contributed by atoms with Crippen LogP contribution < -0.4 is 4.90 Å². The van der Waals surface area contributed by atoms with E-state index in [1.807, 2.05) is 6.07 Å². The summed E-state index contributed by atoms with van der Waals surface area (Å²) in [4.78, 5) is 22.1. The van der Waals surface area contributed by atoms with E-state index in [1.165, 1.54) is 16.8 Å². The molecule has 0 radical (unpaired) electrons. The zero-order valence-corrected chi connectivity index (χ0v) is 11.3. The zero-order chi connectivity index (χ0) is 15.1. The molecule has 0 bridgehead atoms. The molecule has 4 rings (SSSR count). The maximum atomic E-state index is 12.9. The number of fused-ring (bicyclic) bond motifs is 1. The summed E-state index contributed by atoms with van der Waals surface area (Å²) in [6.07, 6.45) is 6.03. The van der Waals surface area contributed by atoms with E-state index in [1.54, 1.807) is 29.6 Å². The molecule has 0 atom stereocenters. The minimum absolute atomic E-state index is 0.128. The van der Waals surface area contributed by atoms with Crippen molar-refractivity contribution in [2.45, 2.75) is 6.54 Å². The normalized spacial score (nSPS) is 13.5. The van der Waals surface area contributed by atoms with Crippen LogP contribution in [-0.4, -0.2) is 25.7 Å². The molecule has 0 fully saturated rings. The van der Waals surface area contributed by atoms with Crippen molar-refractivity contribution in [3.8, 4) is 5.82 Å². The Morgan fingerprint density at radius 2 is 2.09 bits per heavy atom. The smallest absolute Gasteiger partial charge is 0.262 e. The predicted octanol–water partition coefficient (Wildman–Crippen LogP) is 1.96. The molecule has 0 aromatic carbocycles. The summed E-state index contributed by atoms with van der Waals surface area (Å²) in [6.45, 7) is 0.383. The Bertz CT molecular complexity index is 844. The minimum Gasteiger partial charge on any atom is -0.301 e. The van der Waals surface area contributed by atoms with Gasteiger partial charge >= 0.3 is 0 Å². The highest BCUT2D eigenvalue weighted by atomic mass is 19.1. The molecular formula is C15H10FN5O. The average Bonchev–Trinajstić information content (AvgIpc) is 3.09. The number of nitrogens with zero attached hydrogens (tertiary/aromatic N) is 5. The lowest BCUT2D eigenvalue weighted by Crippen LogP contribution is -2.23. The predicted molar refractivity (Wildman–Crippen MR) is 76.1 cm³/mol. The summed E-state index contributed by atoms with van der Waals surface area (Å²) in [6, 6.07) is 6.42. The van der Waals surface area contributed by atoms with Gasteiger partial charge in [-0.2, -0.15) is 5.10 Å². The number of anilines is 1. The van der Waals surface area contributed by atoms with Crippen LogP contribution in [0.15, 0.2) is 49.1 Å². The lowest BCUT2D eigenvalue weighted by molar-refractivity contribution is 0.0996. The third-order valence-electron chi connectivity index (χ3n) is 3.48. The first-order chi connectivity index (χ1) is 10.7. The van der Waals surface area contributed by atoms with Gasteiger partial charge in [0.1, 0.15) is 5.82 Å². The molecule has 1 aliphatic heterocycles. The van der Waals surface area contributed by atoms with Crippen LogP contribution in [0.4, 0.5) is 10.1 Å². The summed E-state index contributed by atoms with van der Waals surface area (Å²) in [7, 11) is 0. The van der Waals surface area contributed by atoms with Crippen LogP contribution in [0.25, 0.3) is 5.82 Å². The zero-order valence-electron chi connectivity index (χ0n) is 11.3. The maximum Gasteiger partial charge on any atom is 0.262 e. The van der Waals surface area contributed by atoms with E-state index in [9.17, 15) is 9.18 Å². The summed E-state index contributed by atoms with van der Waals surface area (Å²) >= 11 is 0. The van der Waals surface area contributed by atoms with Crippen LogP contribution in [0.2, 0.25) is 0 Å². The van der Waals surface area contributed by atoms with Gasteiger partial charge in [0, 0.05) is 12.4 Å². The molecule has 6 nitrogen and oxygen atoms in total. The Morgan fingerprint density at radius 3 is 2.77 bits per heavy atom. The summed E-state index contributed by atoms with van der Waals surface area (Å²) < 4.78 is 14.4. The van der Waals surface area contributed by atoms with Gasteiger partial charge in [-0.3, -0.25) is 9.78 Å². The van der Waals surface area contributed by atoms with Gasteiger partial charge in [0.2, 0.25) is 0 Å². The van der Waals surface area contributed by atoms with Gasteiger partial charge in [0.15, 0.2) is 5.82 Å². The Labute approximate surface area is 124 Å². The van der Waals surface area contributed by atoms with E-state index >= 15 is 0 Å². The lowest BCUT2D eigenvalue weighted by atomic mass is 10.3. The first-order valence-electron chi connectivity index (χ1n) is 6.65. The molecule has 4 heterocycles. The second-order valence-corrected chi connectivity index (χ2v) is 4.87. The van der Waals surface area contributed by atoms with E-state index in [0.29, 0.717) is 23.6 Å². The molecular weight excluding hydrogens is 285 g/mol. The van der Waals surface area contributed by atoms with E-state index < -0.39 is 5.82 Å². The van der Waals surface area contributed by atoms with Crippen LogP contribution in [0.5, 0.6) is 0 Å². The fourth-order valence-corrected chi connectivity index (χ4v) is 2.41. The quantitative estimate of drug-likeness (QED) is 0.725. The van der Waals surface area contributed by atoms with E-state index in [2.05, 4.69) is 15.1 Å². The lowest BCUT2D eigenvalue weighted by Gasteiger charge is -2.15. The summed E-state index contributed by atoms with van der Waals surface area (Å²) in [5, 5.41) is 4.37. The number of halogens is 1. The highest BCUT2D eigenvalue weighted by Gasteiger charge is 2.32. The number of carbonyl (C=O) groups excluding carboxylic acids is 1. The van der Waals surface area contributed by atoms with Crippen LogP contribution >= 0.6 is 0 Å². The Kier molecular flexibility index (Phi) is 2.72. The van der Waals surface area contributed by atoms with Crippen molar-refractivity contribution < 1.29 is 9.18 Å². The molecule has 0 saturated carbocycles. The van der Waals surface area contributed by atoms with E-state index in [4.69, 9.17) is 0 Å². The Balaban J connectivity index is 1.67. The van der Waals surface area contributed by atoms with E-state index in [-0.39, 0.29) is 5.91 Å². The van der Waals surface area contributed by atoms with Crippen molar-refractivity contribution in [3.05, 3.63) is 66.1 Å². The fourth-order valence-electron chi connectivity index (χ4n) is 2.41. The van der Waals surface area contributed by atoms with Crippen LogP contribution in [0, 0.1) is 5.82 Å². The van der Waals surface area contributed by atoms with E-state index in [0.717, 1.165) is 11.9 Å². The standard InChI is InChI=1S/C15H10FN5O/c16-10-3-4-14(18-6-10)21-8-12-13(19-21)9-20(15(12)22)11-2-1-5-17-7-11/h1-8H,9H2. The number of pyridine rings is 2. The van der Waals surface area contributed by atoms with Crippen molar-refractivity contribution in [3.63, 3.8) is 0 Å². The van der Waals surface area contributed by atoms with Crippen molar-refractivity contribution >= 4 is 11.6 Å². The van der Waals surface area contributed by atoms with Crippen LogP contribution in [0.1, 0.15) is 16.1 Å². The topological polar surface area (TPSA) is 63.9 Å². The monoisotopic (exact) mass is 295 g/mol. The SMILES string of the molecule is O=C1c2cn(-c3ccc(F)cn3)nc2CN1c1cccnc1. The summed E-state index contributed by atoms with van der Waals surface area (Å²) in [5.74, 6) is -0.0739. The molecule has 22 heavy (non-hydrogen) atoms. The minimum atomic E-state index is -0.415. The fraction of sp³-hybridized carbons (Fsp3) is 0.0667. The van der Waals surface area contributed by atoms with Crippen molar-refractivity contribution in [1.29, 1.82) is 0 Å². The van der Waals surface area contributed by atoms with Gasteiger partial charge in [0.05, 0.1) is 35.9 Å². The maximum absolute atomic E-state index is 12.9. The van der Waals surface area contributed by atoms with Gasteiger partial charge in [-0.25, -0.2) is 14.1 Å². The first kappa shape index (κ1) is 12.6. The molecule has 1 aliphatic rings. The van der Waals surface area contributed by atoms with Gasteiger partial charge in [0.25, 0.3) is 5.91 Å². The molecule has 0 aliphatic carbocycles. The molecule has 0 saturated heterocycles. The number of hydrogen-bond acceptors (Lipinski definition) is 4. The first-order valence-corrected chi connectivity index (χ1v) is 6.65. The second kappa shape index (κ2) is 4.73. The molecule has 0 N–H and O–H groups in total. The summed E-state index contributed by atoms with van der Waals surface area (Å²) in [5.41, 5.74) is 1.92. The van der Waals surface area contributed by atoms with Crippen LogP contribution in [-0.2, 0) is 6.54 Å². The molecule has 3 aromatic heterocycles. The molecule has 7 heteroatoms. The van der Waals surface area contributed by atoms with Crippen molar-refractivity contribution in [2.24, 2.45) is 0 Å². The number of aromatic nitrogens is 4. The van der Waals surface area contributed by atoms with Gasteiger partial charge < -0.3 is 4.90 Å². The van der Waals surface area contributed by atoms with Crippen LogP contribution in [0.3, 0.4) is 0 Å². The number of amides is 1. The third-order valence-corrected chi connectivity index (χ3v) is 3.48. The molecule has 108 valence electrons. The Hall–Kier alpha value is -3.09. The molecule has 3 aromatic rings. The number of hydrogen-bond donors (Lipinski definition) is 0. The average molecular weight is 295 g/mol. The highest BCUT2D eigenvalue weighted by Crippen LogP contribution is 2.27. The number of rotatable bonds is 2. The molecule has 0 spiro atoms. The largest absolute Gasteiger partial charge is 0.301 e. The Morgan fingerprint density at radius 1 is 1.18 bits per heavy atom. The highest BCUT2D eigenvalue weighted by molar-refractivity contribution is 6.09.